The first-order valence-corrected chi connectivity index (χ1v) is 22.2. The van der Waals surface area contributed by atoms with Crippen LogP contribution in [0.25, 0.3) is 16.7 Å². The number of nitrogens with one attached hydrogen (secondary N) is 1. The number of aromatic nitrogens is 8. The lowest BCUT2D eigenvalue weighted by Crippen LogP contribution is -2.42. The molecule has 3 aromatic carbocycles. The number of hydrogen-bond donors (Lipinski definition) is 3. The number of likely N-dealkylation sites (N-methyl/N-ethyl adjacent to an activating group) is 1. The van der Waals surface area contributed by atoms with Crippen molar-refractivity contribution in [2.75, 3.05) is 42.6 Å². The van der Waals surface area contributed by atoms with Crippen molar-refractivity contribution in [2.45, 2.75) is 59.2 Å². The van der Waals surface area contributed by atoms with E-state index in [9.17, 15) is 9.90 Å². The number of anilines is 3. The standard InChI is InChI=1S/C47H50BrN14O3/c1-28-19-36-37(20-29(28)2)60(38(54-36)22-50-45-56-46(58(6)26-47(4,5)64)55-42-35(48)21-53-62(42)45)23-30(3)44(63)59-18-10-11-31(24-59)25-61-43-39(41(49)51-27-52-43)40(57-61)32-14-16-34(17-15-32)65-33-12-8-7-9-13-33/h7-9,12-17,19-21,25,27,31,64H,3,10-11,18,22-24,26H2,1-2,4-6H3,(H2,49,51,52)(H,50,55,56)/q+1/b61-25+. The molecular weight excluding hydrogens is 889 g/mol. The molecule has 65 heavy (non-hydrogen) atoms. The van der Waals surface area contributed by atoms with Crippen LogP contribution in [0.3, 0.4) is 0 Å². The molecule has 9 rings (SSSR count). The van der Waals surface area contributed by atoms with E-state index in [1.165, 1.54) is 6.33 Å². The van der Waals surface area contributed by atoms with Crippen molar-refractivity contribution in [1.29, 1.82) is 0 Å². The molecule has 1 saturated heterocycles. The third-order valence-corrected chi connectivity index (χ3v) is 12.1. The molecule has 0 saturated carbocycles. The van der Waals surface area contributed by atoms with Gasteiger partial charge in [-0.25, -0.2) is 4.98 Å². The molecular formula is C47H50BrN14O3+. The summed E-state index contributed by atoms with van der Waals surface area (Å²) in [6, 6.07) is 21.5. The lowest BCUT2D eigenvalue weighted by atomic mass is 9.98. The molecule has 1 amide bonds. The number of hydrogen-bond acceptors (Lipinski definition) is 13. The Hall–Kier alpha value is -7.05. The normalized spacial score (nSPS) is 15.7. The minimum atomic E-state index is -0.971. The van der Waals surface area contributed by atoms with Crippen LogP contribution in [-0.2, 0) is 17.9 Å². The van der Waals surface area contributed by atoms with Gasteiger partial charge in [0, 0.05) is 43.7 Å². The number of nitrogens with zero attached hydrogens (tertiary/aromatic N) is 12. The molecule has 2 aliphatic rings. The van der Waals surface area contributed by atoms with Crippen LogP contribution in [0.2, 0.25) is 0 Å². The number of carbonyl (C=O) groups is 1. The molecule has 1 fully saturated rings. The highest BCUT2D eigenvalue weighted by molar-refractivity contribution is 9.10. The SMILES string of the molecule is C=C(Cn1c(CNc2nc(N(C)CC(C)(C)O)nc3c(Br)cnn23)nc2cc(C)c(C)cc21)C(=O)N1CCCC(/C=[N+]2/N=C(c3ccc(Oc4ccccc4)cc3)c3c(N)ncnc32)C1. The van der Waals surface area contributed by atoms with E-state index in [4.69, 9.17) is 30.5 Å². The summed E-state index contributed by atoms with van der Waals surface area (Å²) in [5.74, 6) is 3.76. The summed E-state index contributed by atoms with van der Waals surface area (Å²) >= 11 is 3.56. The molecule has 2 aliphatic heterocycles. The maximum Gasteiger partial charge on any atom is 0.363 e. The second kappa shape index (κ2) is 17.5. The van der Waals surface area contributed by atoms with Crippen molar-refractivity contribution in [3.05, 3.63) is 124 Å². The van der Waals surface area contributed by atoms with E-state index in [1.807, 2.05) is 77.3 Å². The molecule has 0 radical (unpaired) electrons. The van der Waals surface area contributed by atoms with Crippen LogP contribution >= 0.6 is 15.9 Å². The van der Waals surface area contributed by atoms with Crippen LogP contribution in [0.5, 0.6) is 11.5 Å². The van der Waals surface area contributed by atoms with Crippen molar-refractivity contribution in [2.24, 2.45) is 11.0 Å². The fourth-order valence-electron chi connectivity index (χ4n) is 8.28. The van der Waals surface area contributed by atoms with Gasteiger partial charge in [0.2, 0.25) is 18.2 Å². The Balaban J connectivity index is 0.942. The Labute approximate surface area is 384 Å². The molecule has 4 N–H and O–H groups in total. The van der Waals surface area contributed by atoms with Gasteiger partial charge < -0.3 is 35.3 Å². The van der Waals surface area contributed by atoms with Gasteiger partial charge in [0.1, 0.15) is 40.6 Å². The zero-order chi connectivity index (χ0) is 45.6. The number of likely N-dealkylation sites (tertiary alicyclic amines) is 1. The summed E-state index contributed by atoms with van der Waals surface area (Å²) in [5, 5.41) is 23.4. The van der Waals surface area contributed by atoms with Gasteiger partial charge in [0.15, 0.2) is 5.65 Å². The summed E-state index contributed by atoms with van der Waals surface area (Å²) in [4.78, 5) is 41.4. The van der Waals surface area contributed by atoms with Crippen LogP contribution in [0.15, 0.2) is 101 Å². The summed E-state index contributed by atoms with van der Waals surface area (Å²) in [5.41, 5.74) is 12.6. The van der Waals surface area contributed by atoms with Crippen molar-refractivity contribution in [1.82, 2.24) is 44.0 Å². The highest BCUT2D eigenvalue weighted by Crippen LogP contribution is 2.33. The molecule has 0 bridgehead atoms. The van der Waals surface area contributed by atoms with E-state index in [-0.39, 0.29) is 24.9 Å². The summed E-state index contributed by atoms with van der Waals surface area (Å²) in [6.45, 7) is 13.8. The fraction of sp³-hybridized carbons (Fsp3) is 0.298. The number of benzene rings is 3. The number of aliphatic hydroxyl groups is 1. The van der Waals surface area contributed by atoms with Crippen molar-refractivity contribution < 1.29 is 19.3 Å². The molecule has 0 aliphatic carbocycles. The zero-order valence-corrected chi connectivity index (χ0v) is 38.5. The Morgan fingerprint density at radius 1 is 1.08 bits per heavy atom. The monoisotopic (exact) mass is 937 g/mol. The molecule has 332 valence electrons. The maximum absolute atomic E-state index is 14.3. The summed E-state index contributed by atoms with van der Waals surface area (Å²) in [7, 11) is 1.83. The van der Waals surface area contributed by atoms with Crippen LogP contribution in [-0.4, -0.2) is 104 Å². The first-order chi connectivity index (χ1) is 31.2. The molecule has 1 atom stereocenters. The lowest BCUT2D eigenvalue weighted by Gasteiger charge is -2.31. The van der Waals surface area contributed by atoms with Crippen molar-refractivity contribution >= 4 is 74.0 Å². The number of imidazole rings is 1. The smallest absolute Gasteiger partial charge is 0.363 e. The van der Waals surface area contributed by atoms with Gasteiger partial charge in [0.25, 0.3) is 5.91 Å². The Morgan fingerprint density at radius 2 is 1.83 bits per heavy atom. The second-order valence-corrected chi connectivity index (χ2v) is 18.1. The Bertz CT molecular complexity index is 3030. The minimum absolute atomic E-state index is 0.0202. The van der Waals surface area contributed by atoms with Gasteiger partial charge in [-0.1, -0.05) is 29.9 Å². The summed E-state index contributed by atoms with van der Waals surface area (Å²) in [6.07, 6.45) is 6.80. The fourth-order valence-corrected chi connectivity index (χ4v) is 8.63. The highest BCUT2D eigenvalue weighted by atomic mass is 79.9. The maximum atomic E-state index is 14.3. The van der Waals surface area contributed by atoms with Gasteiger partial charge in [0.05, 0.1) is 40.4 Å². The summed E-state index contributed by atoms with van der Waals surface area (Å²) < 4.78 is 12.1. The van der Waals surface area contributed by atoms with E-state index < -0.39 is 5.60 Å². The lowest BCUT2D eigenvalue weighted by molar-refractivity contribution is -0.442. The number of amides is 1. The molecule has 7 aromatic rings. The predicted molar refractivity (Wildman–Crippen MR) is 254 cm³/mol. The van der Waals surface area contributed by atoms with Gasteiger partial charge in [-0.05, 0) is 121 Å². The first-order valence-electron chi connectivity index (χ1n) is 21.4. The number of para-hydroxylation sites is 1. The molecule has 17 nitrogen and oxygen atoms in total. The van der Waals surface area contributed by atoms with E-state index in [0.29, 0.717) is 81.7 Å². The molecule has 1 unspecified atom stereocenters. The van der Waals surface area contributed by atoms with Crippen LogP contribution in [0.1, 0.15) is 54.8 Å². The number of halogens is 1. The topological polar surface area (TPSA) is 193 Å². The number of nitrogen functional groups attached to an aromatic ring is 1. The van der Waals surface area contributed by atoms with Crippen LogP contribution in [0.4, 0.5) is 23.5 Å². The van der Waals surface area contributed by atoms with Gasteiger partial charge >= 0.3 is 5.82 Å². The van der Waals surface area contributed by atoms with Crippen molar-refractivity contribution in [3.63, 3.8) is 0 Å². The Kier molecular flexibility index (Phi) is 11.6. The number of carbonyl (C=O) groups excluding carboxylic acids is 1. The number of nitrogens with two attached hydrogens (primary N) is 1. The number of rotatable bonds is 13. The quantitative estimate of drug-likeness (QED) is 0.0809. The zero-order valence-electron chi connectivity index (χ0n) is 36.9. The largest absolute Gasteiger partial charge is 0.457 e. The van der Waals surface area contributed by atoms with Gasteiger partial charge in [-0.3, -0.25) is 4.79 Å². The molecule has 4 aromatic heterocycles. The van der Waals surface area contributed by atoms with Crippen LogP contribution < -0.4 is 20.7 Å². The minimum Gasteiger partial charge on any atom is -0.457 e. The van der Waals surface area contributed by atoms with Crippen LogP contribution in [0, 0.1) is 19.8 Å². The third kappa shape index (κ3) is 9.04. The average molecular weight is 939 g/mol. The van der Waals surface area contributed by atoms with Gasteiger partial charge in [-0.2, -0.15) is 24.6 Å². The molecule has 0 spiro atoms. The molecule has 18 heteroatoms. The second-order valence-electron chi connectivity index (χ2n) is 17.2. The molecule has 6 heterocycles. The number of aryl methyl sites for hydroxylation is 2. The first kappa shape index (κ1) is 43.2. The highest BCUT2D eigenvalue weighted by Gasteiger charge is 2.35. The van der Waals surface area contributed by atoms with Crippen molar-refractivity contribution in [3.8, 4) is 11.5 Å². The number of ether oxygens (including phenoxy) is 1. The number of piperidine rings is 1. The number of fused-ring (bicyclic) bond motifs is 3. The third-order valence-electron chi connectivity index (χ3n) is 11.5. The van der Waals surface area contributed by atoms with E-state index in [1.54, 1.807) is 34.1 Å². The van der Waals surface area contributed by atoms with E-state index in [0.717, 1.165) is 46.3 Å². The van der Waals surface area contributed by atoms with E-state index >= 15 is 0 Å². The van der Waals surface area contributed by atoms with E-state index in [2.05, 4.69) is 68.9 Å². The van der Waals surface area contributed by atoms with Gasteiger partial charge in [-0.15, -0.1) is 4.68 Å². The predicted octanol–water partition coefficient (Wildman–Crippen LogP) is 6.81. The number of hydrazone groups is 1. The average Bonchev–Trinajstić information content (AvgIpc) is 3.95. The Morgan fingerprint density at radius 3 is 2.60 bits per heavy atom.